The normalized spacial score (nSPS) is 11.7. The molecule has 3 aromatic rings. The van der Waals surface area contributed by atoms with Gasteiger partial charge in [-0.05, 0) is 57.9 Å². The van der Waals surface area contributed by atoms with Crippen LogP contribution >= 0.6 is 11.3 Å². The van der Waals surface area contributed by atoms with Crippen LogP contribution in [0.3, 0.4) is 0 Å². The lowest BCUT2D eigenvalue weighted by molar-refractivity contribution is 0.426. The molecule has 1 N–H and O–H groups in total. The molecule has 0 aliphatic heterocycles. The predicted molar refractivity (Wildman–Crippen MR) is 101 cm³/mol. The summed E-state index contributed by atoms with van der Waals surface area (Å²) in [7, 11) is -3.75. The van der Waals surface area contributed by atoms with Crippen LogP contribution < -0.4 is 4.72 Å². The van der Waals surface area contributed by atoms with Gasteiger partial charge in [0.2, 0.25) is 0 Å². The molecule has 0 atom stereocenters. The van der Waals surface area contributed by atoms with Gasteiger partial charge >= 0.3 is 0 Å². The third-order valence-corrected chi connectivity index (χ3v) is 6.81. The molecule has 3 rings (SSSR count). The van der Waals surface area contributed by atoms with Crippen molar-refractivity contribution < 1.29 is 12.9 Å². The van der Waals surface area contributed by atoms with Crippen LogP contribution in [0.4, 0.5) is 5.69 Å². The molecule has 132 valence electrons. The highest BCUT2D eigenvalue weighted by Crippen LogP contribution is 2.39. The predicted octanol–water partition coefficient (Wildman–Crippen LogP) is 4.75. The molecule has 0 saturated heterocycles. The number of aryl methyl sites for hydroxylation is 5. The van der Waals surface area contributed by atoms with Gasteiger partial charge in [-0.15, -0.1) is 11.3 Å². The van der Waals surface area contributed by atoms with Gasteiger partial charge in [-0.2, -0.15) is 0 Å². The number of hydrogen-bond acceptors (Lipinski definition) is 5. The van der Waals surface area contributed by atoms with Crippen molar-refractivity contribution in [2.45, 2.75) is 39.5 Å². The molecule has 25 heavy (non-hydrogen) atoms. The summed E-state index contributed by atoms with van der Waals surface area (Å²) < 4.78 is 34.2. The monoisotopic (exact) mass is 376 g/mol. The summed E-state index contributed by atoms with van der Waals surface area (Å²) in [5, 5.41) is 3.89. The largest absolute Gasteiger partial charge is 0.356 e. The van der Waals surface area contributed by atoms with E-state index in [9.17, 15) is 8.42 Å². The number of rotatable bonds is 4. The molecule has 0 unspecified atom stereocenters. The Morgan fingerprint density at radius 1 is 1.00 bits per heavy atom. The first-order chi connectivity index (χ1) is 11.7. The molecule has 2 aromatic heterocycles. The van der Waals surface area contributed by atoms with Crippen LogP contribution in [0.25, 0.3) is 11.3 Å². The summed E-state index contributed by atoms with van der Waals surface area (Å²) >= 11 is 1.44. The maximum absolute atomic E-state index is 13.1. The molecule has 1 aromatic carbocycles. The van der Waals surface area contributed by atoms with Gasteiger partial charge in [0, 0.05) is 21.5 Å². The average Bonchev–Trinajstić information content (AvgIpc) is 3.05. The quantitative estimate of drug-likeness (QED) is 0.713. The number of nitrogens with one attached hydrogen (secondary N) is 1. The molecule has 0 aliphatic carbocycles. The number of hydrogen-bond donors (Lipinski definition) is 1. The molecule has 2 heterocycles. The zero-order valence-electron chi connectivity index (χ0n) is 14.8. The van der Waals surface area contributed by atoms with E-state index in [1.807, 2.05) is 39.8 Å². The molecular weight excluding hydrogens is 356 g/mol. The first-order valence-electron chi connectivity index (χ1n) is 7.83. The number of benzene rings is 1. The fraction of sp³-hybridized carbons (Fsp3) is 0.278. The number of thiophene rings is 1. The van der Waals surface area contributed by atoms with Gasteiger partial charge in [-0.25, -0.2) is 8.42 Å². The first-order valence-corrected chi connectivity index (χ1v) is 10.1. The third-order valence-electron chi connectivity index (χ3n) is 4.11. The van der Waals surface area contributed by atoms with Crippen LogP contribution in [0.5, 0.6) is 0 Å². The van der Waals surface area contributed by atoms with Crippen LogP contribution in [0, 0.1) is 34.6 Å². The lowest BCUT2D eigenvalue weighted by Gasteiger charge is -2.11. The SMILES string of the molecule is Cc1cc(-c2c(C)sc(C)c2S(=O)(=O)Nc2ccc(C)c(C)c2)on1. The molecule has 0 radical (unpaired) electrons. The Hall–Kier alpha value is -2.12. The van der Waals surface area contributed by atoms with Crippen molar-refractivity contribution in [3.8, 4) is 11.3 Å². The molecule has 7 heteroatoms. The van der Waals surface area contributed by atoms with Crippen LogP contribution in [0.15, 0.2) is 33.7 Å². The Kier molecular flexibility index (Phi) is 4.47. The van der Waals surface area contributed by atoms with Gasteiger partial charge in [-0.3, -0.25) is 4.72 Å². The van der Waals surface area contributed by atoms with E-state index in [0.29, 0.717) is 22.7 Å². The Labute approximate surface area is 151 Å². The van der Waals surface area contributed by atoms with Crippen LogP contribution in [-0.2, 0) is 10.0 Å². The van der Waals surface area contributed by atoms with Crippen molar-refractivity contribution in [3.63, 3.8) is 0 Å². The number of anilines is 1. The second-order valence-corrected chi connectivity index (χ2v) is 9.20. The minimum Gasteiger partial charge on any atom is -0.356 e. The fourth-order valence-electron chi connectivity index (χ4n) is 2.76. The highest BCUT2D eigenvalue weighted by Gasteiger charge is 2.28. The molecule has 0 amide bonds. The number of sulfonamides is 1. The molecule has 0 bridgehead atoms. The zero-order valence-corrected chi connectivity index (χ0v) is 16.4. The van der Waals surface area contributed by atoms with Crippen molar-refractivity contribution >= 4 is 27.0 Å². The smallest absolute Gasteiger partial charge is 0.263 e. The van der Waals surface area contributed by atoms with E-state index in [1.54, 1.807) is 19.1 Å². The summed E-state index contributed by atoms with van der Waals surface area (Å²) in [5.41, 5.74) is 3.99. The molecule has 0 fully saturated rings. The van der Waals surface area contributed by atoms with E-state index in [1.165, 1.54) is 11.3 Å². The van der Waals surface area contributed by atoms with Crippen LogP contribution in [0.2, 0.25) is 0 Å². The summed E-state index contributed by atoms with van der Waals surface area (Å²) in [6, 6.07) is 7.26. The molecular formula is C18H20N2O3S2. The maximum atomic E-state index is 13.1. The van der Waals surface area contributed by atoms with Gasteiger partial charge in [0.15, 0.2) is 5.76 Å². The van der Waals surface area contributed by atoms with Crippen LogP contribution in [0.1, 0.15) is 26.6 Å². The minimum atomic E-state index is -3.75. The summed E-state index contributed by atoms with van der Waals surface area (Å²) in [6.45, 7) is 9.45. The van der Waals surface area contributed by atoms with Crippen molar-refractivity contribution in [2.24, 2.45) is 0 Å². The van der Waals surface area contributed by atoms with E-state index >= 15 is 0 Å². The van der Waals surface area contributed by atoms with Crippen molar-refractivity contribution in [3.05, 3.63) is 50.8 Å². The van der Waals surface area contributed by atoms with E-state index in [-0.39, 0.29) is 4.90 Å². The van der Waals surface area contributed by atoms with Crippen molar-refractivity contribution in [1.29, 1.82) is 0 Å². The Morgan fingerprint density at radius 2 is 1.72 bits per heavy atom. The summed E-state index contributed by atoms with van der Waals surface area (Å²) in [5.74, 6) is 0.472. The topological polar surface area (TPSA) is 72.2 Å². The van der Waals surface area contributed by atoms with E-state index in [0.717, 1.165) is 20.9 Å². The Balaban J connectivity index is 2.10. The van der Waals surface area contributed by atoms with Gasteiger partial charge in [0.1, 0.15) is 4.90 Å². The number of aromatic nitrogens is 1. The van der Waals surface area contributed by atoms with E-state index in [4.69, 9.17) is 4.52 Å². The fourth-order valence-corrected chi connectivity index (χ4v) is 5.68. The molecule has 0 saturated carbocycles. The van der Waals surface area contributed by atoms with Crippen molar-refractivity contribution in [1.82, 2.24) is 5.16 Å². The third kappa shape index (κ3) is 3.34. The van der Waals surface area contributed by atoms with Crippen molar-refractivity contribution in [2.75, 3.05) is 4.72 Å². The van der Waals surface area contributed by atoms with Gasteiger partial charge < -0.3 is 4.52 Å². The number of nitrogens with zero attached hydrogens (tertiary/aromatic N) is 1. The second-order valence-electron chi connectivity index (χ2n) is 6.16. The van der Waals surface area contributed by atoms with E-state index < -0.39 is 10.0 Å². The second kappa shape index (κ2) is 6.31. The Morgan fingerprint density at radius 3 is 2.32 bits per heavy atom. The highest BCUT2D eigenvalue weighted by atomic mass is 32.2. The lowest BCUT2D eigenvalue weighted by Crippen LogP contribution is -2.14. The van der Waals surface area contributed by atoms with Crippen LogP contribution in [-0.4, -0.2) is 13.6 Å². The Bertz CT molecular complexity index is 1050. The standard InChI is InChI=1S/C18H20N2O3S2/c1-10-6-7-15(8-11(10)2)20-25(21,22)18-14(5)24-13(4)17(18)16-9-12(3)19-23-16/h6-9,20H,1-5H3. The zero-order chi connectivity index (χ0) is 18.4. The van der Waals surface area contributed by atoms with Gasteiger partial charge in [0.25, 0.3) is 10.0 Å². The summed E-state index contributed by atoms with van der Waals surface area (Å²) in [4.78, 5) is 1.86. The maximum Gasteiger partial charge on any atom is 0.263 e. The first kappa shape index (κ1) is 17.7. The lowest BCUT2D eigenvalue weighted by atomic mass is 10.1. The minimum absolute atomic E-state index is 0.254. The molecule has 0 spiro atoms. The van der Waals surface area contributed by atoms with Gasteiger partial charge in [-0.1, -0.05) is 11.2 Å². The average molecular weight is 377 g/mol. The summed E-state index contributed by atoms with van der Waals surface area (Å²) in [6.07, 6.45) is 0. The molecule has 5 nitrogen and oxygen atoms in total. The molecule has 0 aliphatic rings. The van der Waals surface area contributed by atoms with E-state index in [2.05, 4.69) is 9.88 Å². The van der Waals surface area contributed by atoms with Gasteiger partial charge in [0.05, 0.1) is 11.3 Å². The highest BCUT2D eigenvalue weighted by molar-refractivity contribution is 7.93.